The van der Waals surface area contributed by atoms with Gasteiger partial charge in [0, 0.05) is 17.6 Å². The normalized spacial score (nSPS) is 10.0. The van der Waals surface area contributed by atoms with E-state index in [2.05, 4.69) is 26.7 Å². The Morgan fingerprint density at radius 2 is 1.62 bits per heavy atom. The molecule has 0 aliphatic carbocycles. The second-order valence-electron chi connectivity index (χ2n) is 4.83. The third kappa shape index (κ3) is 3.93. The molecule has 7 heteroatoms. The molecule has 0 amide bonds. The lowest BCUT2D eigenvalue weighted by Gasteiger charge is -2.09. The first-order valence-corrected chi connectivity index (χ1v) is 7.72. The van der Waals surface area contributed by atoms with E-state index in [1.807, 2.05) is 12.1 Å². The minimum atomic E-state index is 0.423. The predicted molar refractivity (Wildman–Crippen MR) is 96.2 cm³/mol. The monoisotopic (exact) mass is 355 g/mol. The van der Waals surface area contributed by atoms with Crippen molar-refractivity contribution in [2.24, 2.45) is 0 Å². The SMILES string of the molecule is N#Cc1ccc(Nc2ccnc(Nc3ccc(Cl)c(Cl)c3)n2)cc1. The first-order chi connectivity index (χ1) is 11.6. The molecule has 0 atom stereocenters. The maximum absolute atomic E-state index is 8.81. The van der Waals surface area contributed by atoms with Gasteiger partial charge in [0.25, 0.3) is 0 Å². The third-order valence-electron chi connectivity index (χ3n) is 3.12. The summed E-state index contributed by atoms with van der Waals surface area (Å²) in [5.41, 5.74) is 2.17. The molecule has 0 saturated carbocycles. The Morgan fingerprint density at radius 1 is 0.875 bits per heavy atom. The highest BCUT2D eigenvalue weighted by atomic mass is 35.5. The van der Waals surface area contributed by atoms with Crippen molar-refractivity contribution in [1.29, 1.82) is 5.26 Å². The fourth-order valence-corrected chi connectivity index (χ4v) is 2.27. The van der Waals surface area contributed by atoms with E-state index >= 15 is 0 Å². The van der Waals surface area contributed by atoms with Crippen molar-refractivity contribution in [3.05, 3.63) is 70.3 Å². The molecule has 0 saturated heterocycles. The van der Waals surface area contributed by atoms with Crippen molar-refractivity contribution < 1.29 is 0 Å². The molecular weight excluding hydrogens is 345 g/mol. The molecule has 0 fully saturated rings. The first kappa shape index (κ1) is 16.1. The summed E-state index contributed by atoms with van der Waals surface area (Å²) < 4.78 is 0. The minimum Gasteiger partial charge on any atom is -0.340 e. The molecule has 0 aliphatic rings. The number of nitrogens with one attached hydrogen (secondary N) is 2. The number of nitrogens with zero attached hydrogens (tertiary/aromatic N) is 3. The van der Waals surface area contributed by atoms with Crippen LogP contribution in [-0.2, 0) is 0 Å². The topological polar surface area (TPSA) is 73.6 Å². The fraction of sp³-hybridized carbons (Fsp3) is 0. The van der Waals surface area contributed by atoms with E-state index < -0.39 is 0 Å². The molecule has 0 spiro atoms. The summed E-state index contributed by atoms with van der Waals surface area (Å²) in [4.78, 5) is 8.56. The molecule has 2 aromatic carbocycles. The van der Waals surface area contributed by atoms with Gasteiger partial charge in [-0.15, -0.1) is 0 Å². The van der Waals surface area contributed by atoms with Crippen molar-refractivity contribution in [1.82, 2.24) is 9.97 Å². The third-order valence-corrected chi connectivity index (χ3v) is 3.86. The Balaban J connectivity index is 1.75. The lowest BCUT2D eigenvalue weighted by atomic mass is 10.2. The maximum Gasteiger partial charge on any atom is 0.229 e. The maximum atomic E-state index is 8.81. The molecular formula is C17H11Cl2N5. The van der Waals surface area contributed by atoms with Gasteiger partial charge in [0.15, 0.2) is 0 Å². The molecule has 3 aromatic rings. The van der Waals surface area contributed by atoms with Crippen LogP contribution in [0.2, 0.25) is 10.0 Å². The number of nitriles is 1. The molecule has 5 nitrogen and oxygen atoms in total. The summed E-state index contributed by atoms with van der Waals surface area (Å²) in [6.07, 6.45) is 1.64. The summed E-state index contributed by atoms with van der Waals surface area (Å²) >= 11 is 11.9. The molecule has 24 heavy (non-hydrogen) atoms. The second kappa shape index (κ2) is 7.18. The summed E-state index contributed by atoms with van der Waals surface area (Å²) in [5.74, 6) is 1.05. The molecule has 0 unspecified atom stereocenters. The van der Waals surface area contributed by atoms with E-state index in [1.54, 1.807) is 42.6 Å². The summed E-state index contributed by atoms with van der Waals surface area (Å²) in [7, 11) is 0. The Labute approximate surface area is 148 Å². The summed E-state index contributed by atoms with van der Waals surface area (Å²) in [5, 5.41) is 16.0. The predicted octanol–water partition coefficient (Wildman–Crippen LogP) is 5.14. The van der Waals surface area contributed by atoms with Gasteiger partial charge in [0.05, 0.1) is 21.7 Å². The fourth-order valence-electron chi connectivity index (χ4n) is 1.97. The quantitative estimate of drug-likeness (QED) is 0.677. The van der Waals surface area contributed by atoms with Crippen LogP contribution in [0.1, 0.15) is 5.56 Å². The van der Waals surface area contributed by atoms with E-state index in [0.29, 0.717) is 27.4 Å². The van der Waals surface area contributed by atoms with Crippen LogP contribution in [0.5, 0.6) is 0 Å². The smallest absolute Gasteiger partial charge is 0.229 e. The van der Waals surface area contributed by atoms with Crippen molar-refractivity contribution in [3.63, 3.8) is 0 Å². The Bertz CT molecular complexity index is 904. The zero-order valence-electron chi connectivity index (χ0n) is 12.3. The van der Waals surface area contributed by atoms with Gasteiger partial charge in [-0.3, -0.25) is 0 Å². The Morgan fingerprint density at radius 3 is 2.33 bits per heavy atom. The van der Waals surface area contributed by atoms with E-state index in [4.69, 9.17) is 28.5 Å². The van der Waals surface area contributed by atoms with Gasteiger partial charge in [0.1, 0.15) is 5.82 Å². The molecule has 1 aromatic heterocycles. The van der Waals surface area contributed by atoms with Gasteiger partial charge in [-0.2, -0.15) is 10.2 Å². The van der Waals surface area contributed by atoms with Crippen LogP contribution >= 0.6 is 23.2 Å². The van der Waals surface area contributed by atoms with Crippen LogP contribution in [0, 0.1) is 11.3 Å². The largest absolute Gasteiger partial charge is 0.340 e. The van der Waals surface area contributed by atoms with Crippen LogP contribution < -0.4 is 10.6 Å². The average molecular weight is 356 g/mol. The number of rotatable bonds is 4. The Kier molecular flexibility index (Phi) is 4.80. The van der Waals surface area contributed by atoms with Crippen molar-refractivity contribution >= 4 is 46.3 Å². The van der Waals surface area contributed by atoms with E-state index in [0.717, 1.165) is 11.4 Å². The summed E-state index contributed by atoms with van der Waals surface area (Å²) in [6.45, 7) is 0. The van der Waals surface area contributed by atoms with Crippen LogP contribution in [0.3, 0.4) is 0 Å². The second-order valence-corrected chi connectivity index (χ2v) is 5.65. The van der Waals surface area contributed by atoms with Crippen LogP contribution in [-0.4, -0.2) is 9.97 Å². The van der Waals surface area contributed by atoms with Gasteiger partial charge in [0.2, 0.25) is 5.95 Å². The van der Waals surface area contributed by atoms with Gasteiger partial charge in [-0.25, -0.2) is 4.98 Å². The highest BCUT2D eigenvalue weighted by molar-refractivity contribution is 6.42. The molecule has 118 valence electrons. The average Bonchev–Trinajstić information content (AvgIpc) is 2.59. The number of anilines is 4. The zero-order valence-corrected chi connectivity index (χ0v) is 13.8. The zero-order chi connectivity index (χ0) is 16.9. The van der Waals surface area contributed by atoms with Gasteiger partial charge in [-0.1, -0.05) is 23.2 Å². The number of benzene rings is 2. The number of hydrogen-bond acceptors (Lipinski definition) is 5. The highest BCUT2D eigenvalue weighted by Crippen LogP contribution is 2.26. The van der Waals surface area contributed by atoms with Gasteiger partial charge >= 0.3 is 0 Å². The highest BCUT2D eigenvalue weighted by Gasteiger charge is 2.03. The molecule has 0 aliphatic heterocycles. The molecule has 0 bridgehead atoms. The summed E-state index contributed by atoms with van der Waals surface area (Å²) in [6, 6.07) is 16.1. The molecule has 1 heterocycles. The van der Waals surface area contributed by atoms with E-state index in [-0.39, 0.29) is 0 Å². The van der Waals surface area contributed by atoms with E-state index in [1.165, 1.54) is 0 Å². The number of hydrogen-bond donors (Lipinski definition) is 2. The van der Waals surface area contributed by atoms with Gasteiger partial charge in [-0.05, 0) is 48.5 Å². The Hall–Kier alpha value is -2.81. The van der Waals surface area contributed by atoms with E-state index in [9.17, 15) is 0 Å². The van der Waals surface area contributed by atoms with Crippen LogP contribution in [0.25, 0.3) is 0 Å². The van der Waals surface area contributed by atoms with Crippen molar-refractivity contribution in [3.8, 4) is 6.07 Å². The lowest BCUT2D eigenvalue weighted by molar-refractivity contribution is 1.17. The van der Waals surface area contributed by atoms with Crippen LogP contribution in [0.4, 0.5) is 23.1 Å². The standard InChI is InChI=1S/C17H11Cl2N5/c18-14-6-5-13(9-15(14)19)23-17-21-8-7-16(24-17)22-12-3-1-11(10-20)2-4-12/h1-9H,(H2,21,22,23,24). The molecule has 3 rings (SSSR count). The molecule has 2 N–H and O–H groups in total. The van der Waals surface area contributed by atoms with Crippen molar-refractivity contribution in [2.45, 2.75) is 0 Å². The van der Waals surface area contributed by atoms with Crippen molar-refractivity contribution in [2.75, 3.05) is 10.6 Å². The first-order valence-electron chi connectivity index (χ1n) is 6.96. The molecule has 0 radical (unpaired) electrons. The minimum absolute atomic E-state index is 0.423. The van der Waals surface area contributed by atoms with Gasteiger partial charge < -0.3 is 10.6 Å². The lowest BCUT2D eigenvalue weighted by Crippen LogP contribution is -2.00. The number of halogens is 2. The number of aromatic nitrogens is 2. The van der Waals surface area contributed by atoms with Crippen LogP contribution in [0.15, 0.2) is 54.7 Å².